The van der Waals surface area contributed by atoms with Gasteiger partial charge < -0.3 is 19.7 Å². The molecule has 0 radical (unpaired) electrons. The van der Waals surface area contributed by atoms with Crippen LogP contribution in [0.2, 0.25) is 5.02 Å². The van der Waals surface area contributed by atoms with E-state index >= 15 is 0 Å². The zero-order valence-corrected chi connectivity index (χ0v) is 26.2. The minimum atomic E-state index is -4.20. The van der Waals surface area contributed by atoms with E-state index in [1.165, 1.54) is 36.3 Å². The van der Waals surface area contributed by atoms with E-state index in [4.69, 9.17) is 21.1 Å². The Hall–Kier alpha value is -3.76. The summed E-state index contributed by atoms with van der Waals surface area (Å²) in [4.78, 5) is 29.3. The number of methoxy groups -OCH3 is 2. The topological polar surface area (TPSA) is 105 Å². The lowest BCUT2D eigenvalue weighted by molar-refractivity contribution is -0.140. The zero-order valence-electron chi connectivity index (χ0n) is 24.7. The highest BCUT2D eigenvalue weighted by Crippen LogP contribution is 2.32. The van der Waals surface area contributed by atoms with Gasteiger partial charge in [-0.25, -0.2) is 8.42 Å². The van der Waals surface area contributed by atoms with Crippen molar-refractivity contribution in [2.45, 2.75) is 62.6 Å². The molecule has 0 aromatic heterocycles. The molecule has 3 aromatic carbocycles. The number of amides is 2. The molecule has 0 bridgehead atoms. The Labute approximate surface area is 258 Å². The lowest BCUT2D eigenvalue weighted by atomic mass is 10.1. The zero-order chi connectivity index (χ0) is 31.0. The van der Waals surface area contributed by atoms with Gasteiger partial charge in [0.05, 0.1) is 29.8 Å². The molecule has 11 heteroatoms. The molecule has 1 atom stereocenters. The van der Waals surface area contributed by atoms with Crippen LogP contribution < -0.4 is 19.1 Å². The average Bonchev–Trinajstić information content (AvgIpc) is 3.53. The number of sulfonamides is 1. The van der Waals surface area contributed by atoms with Crippen molar-refractivity contribution in [3.8, 4) is 11.5 Å². The third kappa shape index (κ3) is 7.80. The van der Waals surface area contributed by atoms with Crippen molar-refractivity contribution >= 4 is 39.1 Å². The molecule has 0 unspecified atom stereocenters. The van der Waals surface area contributed by atoms with Gasteiger partial charge in [-0.3, -0.25) is 13.9 Å². The van der Waals surface area contributed by atoms with Gasteiger partial charge in [0.2, 0.25) is 11.8 Å². The number of nitrogens with one attached hydrogen (secondary N) is 1. The van der Waals surface area contributed by atoms with Crippen LogP contribution in [0.25, 0.3) is 0 Å². The predicted octanol–water partition coefficient (Wildman–Crippen LogP) is 5.42. The summed E-state index contributed by atoms with van der Waals surface area (Å²) >= 11 is 6.39. The van der Waals surface area contributed by atoms with Crippen LogP contribution >= 0.6 is 11.6 Å². The standard InChI is InChI=1S/C32H38ClN3O6S/c1-4-29(32(38)34-24-10-8-9-11-24)35(21-23-14-17-26(41-2)18-15-23)31(37)22-36(25-16-19-30(42-3)28(33)20-25)43(39,40)27-12-6-5-7-13-27/h5-7,12-20,24,29H,4,8-11,21-22H2,1-3H3,(H,34,38)/t29-/m0/s1. The van der Waals surface area contributed by atoms with Crippen LogP contribution in [0.1, 0.15) is 44.6 Å². The van der Waals surface area contributed by atoms with Gasteiger partial charge in [0, 0.05) is 12.6 Å². The Kier molecular flexibility index (Phi) is 10.9. The van der Waals surface area contributed by atoms with E-state index in [0.29, 0.717) is 17.9 Å². The lowest BCUT2D eigenvalue weighted by Crippen LogP contribution is -2.53. The molecule has 230 valence electrons. The highest BCUT2D eigenvalue weighted by atomic mass is 35.5. The molecule has 0 spiro atoms. The van der Waals surface area contributed by atoms with Crippen molar-refractivity contribution in [2.75, 3.05) is 25.1 Å². The molecule has 2 amide bonds. The monoisotopic (exact) mass is 627 g/mol. The maximum atomic E-state index is 14.2. The second-order valence-electron chi connectivity index (χ2n) is 10.4. The van der Waals surface area contributed by atoms with Crippen LogP contribution in [0.4, 0.5) is 5.69 Å². The van der Waals surface area contributed by atoms with Gasteiger partial charge in [0.1, 0.15) is 24.1 Å². The first-order chi connectivity index (χ1) is 20.7. The van der Waals surface area contributed by atoms with Crippen molar-refractivity contribution < 1.29 is 27.5 Å². The number of carbonyl (C=O) groups is 2. The molecule has 1 aliphatic carbocycles. The number of halogens is 1. The highest BCUT2D eigenvalue weighted by Gasteiger charge is 2.34. The first kappa shape index (κ1) is 32.2. The highest BCUT2D eigenvalue weighted by molar-refractivity contribution is 7.92. The van der Waals surface area contributed by atoms with Crippen LogP contribution in [0.5, 0.6) is 11.5 Å². The second kappa shape index (κ2) is 14.6. The van der Waals surface area contributed by atoms with E-state index in [-0.39, 0.29) is 34.1 Å². The lowest BCUT2D eigenvalue weighted by Gasteiger charge is -2.34. The van der Waals surface area contributed by atoms with Crippen molar-refractivity contribution in [1.82, 2.24) is 10.2 Å². The second-order valence-corrected chi connectivity index (χ2v) is 12.7. The Balaban J connectivity index is 1.72. The van der Waals surface area contributed by atoms with E-state index in [1.807, 2.05) is 19.1 Å². The molecule has 9 nitrogen and oxygen atoms in total. The fourth-order valence-electron chi connectivity index (χ4n) is 5.27. The van der Waals surface area contributed by atoms with Gasteiger partial charge in [-0.05, 0) is 67.3 Å². The molecule has 3 aromatic rings. The first-order valence-electron chi connectivity index (χ1n) is 14.3. The summed E-state index contributed by atoms with van der Waals surface area (Å²) in [5.74, 6) is 0.241. The largest absolute Gasteiger partial charge is 0.497 e. The van der Waals surface area contributed by atoms with Crippen molar-refractivity contribution in [1.29, 1.82) is 0 Å². The SMILES string of the molecule is CC[C@@H](C(=O)NC1CCCC1)N(Cc1ccc(OC)cc1)C(=O)CN(c1ccc(OC)c(Cl)c1)S(=O)(=O)c1ccccc1. The smallest absolute Gasteiger partial charge is 0.264 e. The molecule has 1 fully saturated rings. The summed E-state index contributed by atoms with van der Waals surface area (Å²) in [5.41, 5.74) is 0.960. The Bertz CT molecular complexity index is 1500. The molecule has 1 saturated carbocycles. The van der Waals surface area contributed by atoms with Gasteiger partial charge >= 0.3 is 0 Å². The Morgan fingerprint density at radius 1 is 0.977 bits per heavy atom. The van der Waals surface area contributed by atoms with Gasteiger partial charge in [0.15, 0.2) is 0 Å². The quantitative estimate of drug-likeness (QED) is 0.271. The number of rotatable bonds is 13. The van der Waals surface area contributed by atoms with Crippen LogP contribution in [0.3, 0.4) is 0 Å². The first-order valence-corrected chi connectivity index (χ1v) is 16.1. The molecule has 0 heterocycles. The number of ether oxygens (including phenoxy) is 2. The average molecular weight is 628 g/mol. The van der Waals surface area contributed by atoms with Gasteiger partial charge in [-0.15, -0.1) is 0 Å². The van der Waals surface area contributed by atoms with Gasteiger partial charge in [0.25, 0.3) is 10.0 Å². The number of nitrogens with zero attached hydrogens (tertiary/aromatic N) is 2. The summed E-state index contributed by atoms with van der Waals surface area (Å²) in [6.07, 6.45) is 4.24. The van der Waals surface area contributed by atoms with Crippen LogP contribution in [0.15, 0.2) is 77.7 Å². The van der Waals surface area contributed by atoms with Crippen molar-refractivity contribution in [2.24, 2.45) is 0 Å². The third-order valence-corrected chi connectivity index (χ3v) is 9.72. The van der Waals surface area contributed by atoms with Crippen LogP contribution in [-0.4, -0.2) is 58.0 Å². The van der Waals surface area contributed by atoms with Crippen LogP contribution in [-0.2, 0) is 26.2 Å². The summed E-state index contributed by atoms with van der Waals surface area (Å²) in [6, 6.07) is 18.9. The number of benzene rings is 3. The van der Waals surface area contributed by atoms with Crippen molar-refractivity contribution in [3.05, 3.63) is 83.4 Å². The van der Waals surface area contributed by atoms with E-state index < -0.39 is 28.5 Å². The molecule has 43 heavy (non-hydrogen) atoms. The van der Waals surface area contributed by atoms with E-state index in [9.17, 15) is 18.0 Å². The van der Waals surface area contributed by atoms with E-state index in [2.05, 4.69) is 5.32 Å². The van der Waals surface area contributed by atoms with Crippen molar-refractivity contribution in [3.63, 3.8) is 0 Å². The molecule has 0 saturated heterocycles. The summed E-state index contributed by atoms with van der Waals surface area (Å²) in [6.45, 7) is 1.39. The molecule has 1 aliphatic rings. The predicted molar refractivity (Wildman–Crippen MR) is 167 cm³/mol. The molecular weight excluding hydrogens is 590 g/mol. The fraction of sp³-hybridized carbons (Fsp3) is 0.375. The molecule has 1 N–H and O–H groups in total. The van der Waals surface area contributed by atoms with Crippen LogP contribution in [0, 0.1) is 0 Å². The normalized spacial score (nSPS) is 14.1. The number of anilines is 1. The van der Waals surface area contributed by atoms with E-state index in [1.54, 1.807) is 43.5 Å². The Morgan fingerprint density at radius 2 is 1.65 bits per heavy atom. The summed E-state index contributed by atoms with van der Waals surface area (Å²) in [5, 5.41) is 3.31. The van der Waals surface area contributed by atoms with E-state index in [0.717, 1.165) is 35.6 Å². The summed E-state index contributed by atoms with van der Waals surface area (Å²) < 4.78 is 39.5. The van der Waals surface area contributed by atoms with Gasteiger partial charge in [-0.1, -0.05) is 61.7 Å². The number of hydrogen-bond donors (Lipinski definition) is 1. The maximum Gasteiger partial charge on any atom is 0.264 e. The van der Waals surface area contributed by atoms with Gasteiger partial charge in [-0.2, -0.15) is 0 Å². The third-order valence-electron chi connectivity index (χ3n) is 7.63. The number of carbonyl (C=O) groups excluding carboxylic acids is 2. The minimum absolute atomic E-state index is 0.0162. The number of hydrogen-bond acceptors (Lipinski definition) is 6. The molecule has 0 aliphatic heterocycles. The molecule has 4 rings (SSSR count). The summed E-state index contributed by atoms with van der Waals surface area (Å²) in [7, 11) is -1.18. The Morgan fingerprint density at radius 3 is 2.23 bits per heavy atom. The molecular formula is C32H38ClN3O6S. The fourth-order valence-corrected chi connectivity index (χ4v) is 6.95. The minimum Gasteiger partial charge on any atom is -0.497 e. The maximum absolute atomic E-state index is 14.2.